The molecule has 0 heterocycles. The van der Waals surface area contributed by atoms with Gasteiger partial charge in [0.2, 0.25) is 5.82 Å². The van der Waals surface area contributed by atoms with Crippen LogP contribution in [0, 0.1) is 11.6 Å². The first kappa shape index (κ1) is 34.7. The van der Waals surface area contributed by atoms with Gasteiger partial charge in [0.1, 0.15) is 0 Å². The summed E-state index contributed by atoms with van der Waals surface area (Å²) in [5, 5.41) is 0. The molecule has 0 unspecified atom stereocenters. The van der Waals surface area contributed by atoms with Gasteiger partial charge in [0, 0.05) is 12.0 Å². The Morgan fingerprint density at radius 1 is 0.610 bits per heavy atom. The fourth-order valence-corrected chi connectivity index (χ4v) is 4.20. The third-order valence-corrected chi connectivity index (χ3v) is 6.73. The summed E-state index contributed by atoms with van der Waals surface area (Å²) in [4.78, 5) is 0. The van der Waals surface area contributed by atoms with Gasteiger partial charge in [-0.25, -0.2) is 4.39 Å². The van der Waals surface area contributed by atoms with E-state index in [0.29, 0.717) is 5.56 Å². The molecule has 0 fully saturated rings. The molecule has 0 atom stereocenters. The van der Waals surface area contributed by atoms with Crippen LogP contribution in [0.2, 0.25) is 0 Å². The van der Waals surface area contributed by atoms with Crippen molar-refractivity contribution in [2.45, 2.75) is 101 Å². The van der Waals surface area contributed by atoms with E-state index in [1.807, 2.05) is 12.1 Å². The zero-order valence-electron chi connectivity index (χ0n) is 22.5. The van der Waals surface area contributed by atoms with Crippen molar-refractivity contribution >= 4 is 0 Å². The van der Waals surface area contributed by atoms with E-state index >= 15 is 0 Å². The number of benzene rings is 2. The standard InChI is InChI=1S/C29H33F11O/c1-2-3-4-5-6-7-8-11-20-12-14-21(15-13-20)22-16-17-23(25(31)24(22)30)41-19-10-9-18-26(32,33)27(34,35)28(36,37)29(38,39)40/h12-17H,2-11,18-19H2,1H3. The molecule has 0 aliphatic rings. The van der Waals surface area contributed by atoms with Crippen molar-refractivity contribution in [2.75, 3.05) is 6.61 Å². The van der Waals surface area contributed by atoms with Gasteiger partial charge >= 0.3 is 23.9 Å². The normalized spacial score (nSPS) is 13.1. The van der Waals surface area contributed by atoms with E-state index in [1.54, 1.807) is 12.1 Å². The van der Waals surface area contributed by atoms with Gasteiger partial charge in [0.05, 0.1) is 6.61 Å². The molecule has 1 nitrogen and oxygen atoms in total. The zero-order chi connectivity index (χ0) is 30.9. The molecule has 2 rings (SSSR count). The Morgan fingerprint density at radius 2 is 1.20 bits per heavy atom. The van der Waals surface area contributed by atoms with E-state index in [4.69, 9.17) is 4.74 Å². The Morgan fingerprint density at radius 3 is 1.78 bits per heavy atom. The lowest BCUT2D eigenvalue weighted by molar-refractivity contribution is -0.396. The molecule has 0 spiro atoms. The number of hydrogen-bond acceptors (Lipinski definition) is 1. The van der Waals surface area contributed by atoms with Gasteiger partial charge < -0.3 is 4.74 Å². The quantitative estimate of drug-likeness (QED) is 0.129. The molecule has 232 valence electrons. The van der Waals surface area contributed by atoms with Crippen LogP contribution >= 0.6 is 0 Å². The Balaban J connectivity index is 1.88. The summed E-state index contributed by atoms with van der Waals surface area (Å²) < 4.78 is 150. The molecule has 0 bridgehead atoms. The van der Waals surface area contributed by atoms with E-state index in [1.165, 1.54) is 38.2 Å². The monoisotopic (exact) mass is 606 g/mol. The van der Waals surface area contributed by atoms with Crippen LogP contribution in [0.4, 0.5) is 48.3 Å². The third-order valence-electron chi connectivity index (χ3n) is 6.73. The van der Waals surface area contributed by atoms with Crippen LogP contribution < -0.4 is 4.74 Å². The second-order valence-corrected chi connectivity index (χ2v) is 9.96. The summed E-state index contributed by atoms with van der Waals surface area (Å²) in [6.07, 6.45) is -1.38. The van der Waals surface area contributed by atoms with Crippen molar-refractivity contribution in [1.82, 2.24) is 0 Å². The van der Waals surface area contributed by atoms with Crippen LogP contribution in [0.1, 0.15) is 76.7 Å². The third kappa shape index (κ3) is 8.73. The van der Waals surface area contributed by atoms with Crippen LogP contribution in [0.15, 0.2) is 36.4 Å². The molecule has 0 aliphatic carbocycles. The lowest BCUT2D eigenvalue weighted by Crippen LogP contribution is -2.60. The summed E-state index contributed by atoms with van der Waals surface area (Å²) in [6.45, 7) is 1.55. The average Bonchev–Trinajstić information content (AvgIpc) is 2.90. The van der Waals surface area contributed by atoms with Crippen molar-refractivity contribution in [3.05, 3.63) is 53.6 Å². The van der Waals surface area contributed by atoms with Gasteiger partial charge in [-0.3, -0.25) is 0 Å². The van der Waals surface area contributed by atoms with E-state index in [9.17, 15) is 48.3 Å². The fourth-order valence-electron chi connectivity index (χ4n) is 4.20. The number of rotatable bonds is 17. The molecular weight excluding hydrogens is 573 g/mol. The van der Waals surface area contributed by atoms with Crippen LogP contribution in [-0.4, -0.2) is 30.6 Å². The van der Waals surface area contributed by atoms with Crippen molar-refractivity contribution in [2.24, 2.45) is 0 Å². The number of hydrogen-bond donors (Lipinski definition) is 0. The van der Waals surface area contributed by atoms with Crippen molar-refractivity contribution in [3.8, 4) is 16.9 Å². The molecule has 0 aliphatic heterocycles. The second kappa shape index (κ2) is 14.6. The molecule has 0 amide bonds. The van der Waals surface area contributed by atoms with Crippen molar-refractivity contribution in [3.63, 3.8) is 0 Å². The number of ether oxygens (including phenoxy) is 1. The van der Waals surface area contributed by atoms with Gasteiger partial charge in [-0.15, -0.1) is 0 Å². The Hall–Kier alpha value is -2.53. The molecule has 2 aromatic carbocycles. The Bertz CT molecular complexity index is 1080. The highest BCUT2D eigenvalue weighted by Crippen LogP contribution is 2.54. The predicted molar refractivity (Wildman–Crippen MR) is 134 cm³/mol. The number of halogens is 11. The lowest BCUT2D eigenvalue weighted by atomic mass is 9.99. The first-order chi connectivity index (χ1) is 19.1. The van der Waals surface area contributed by atoms with Gasteiger partial charge in [-0.05, 0) is 48.9 Å². The van der Waals surface area contributed by atoms with Crippen molar-refractivity contribution in [1.29, 1.82) is 0 Å². The number of aryl methyl sites for hydroxylation is 1. The molecule has 0 N–H and O–H groups in total. The molecule has 0 radical (unpaired) electrons. The van der Waals surface area contributed by atoms with E-state index < -0.39 is 67.2 Å². The first-order valence-electron chi connectivity index (χ1n) is 13.5. The molecule has 0 saturated heterocycles. The highest BCUT2D eigenvalue weighted by molar-refractivity contribution is 5.65. The van der Waals surface area contributed by atoms with E-state index in [0.717, 1.165) is 30.9 Å². The van der Waals surface area contributed by atoms with Crippen molar-refractivity contribution < 1.29 is 53.0 Å². The number of alkyl halides is 9. The van der Waals surface area contributed by atoms with Gasteiger partial charge in [0.25, 0.3) is 0 Å². The first-order valence-corrected chi connectivity index (χ1v) is 13.5. The summed E-state index contributed by atoms with van der Waals surface area (Å²) in [7, 11) is 0. The van der Waals surface area contributed by atoms with E-state index in [2.05, 4.69) is 6.92 Å². The summed E-state index contributed by atoms with van der Waals surface area (Å²) in [5.41, 5.74) is 1.38. The fraction of sp³-hybridized carbons (Fsp3) is 0.586. The topological polar surface area (TPSA) is 9.23 Å². The van der Waals surface area contributed by atoms with Crippen LogP contribution in [0.5, 0.6) is 5.75 Å². The average molecular weight is 607 g/mol. The minimum absolute atomic E-state index is 0.0650. The van der Waals surface area contributed by atoms with Gasteiger partial charge in [0.15, 0.2) is 11.6 Å². The summed E-state index contributed by atoms with van der Waals surface area (Å²) in [6, 6.07) is 9.23. The predicted octanol–water partition coefficient (Wildman–Crippen LogP) is 10.9. The lowest BCUT2D eigenvalue weighted by Gasteiger charge is -2.33. The molecule has 12 heteroatoms. The second-order valence-electron chi connectivity index (χ2n) is 9.96. The largest absolute Gasteiger partial charge is 0.490 e. The molecular formula is C29H33F11O. The highest BCUT2D eigenvalue weighted by Gasteiger charge is 2.81. The van der Waals surface area contributed by atoms with E-state index in [-0.39, 0.29) is 5.56 Å². The highest BCUT2D eigenvalue weighted by atomic mass is 19.4. The summed E-state index contributed by atoms with van der Waals surface area (Å²) >= 11 is 0. The molecule has 2 aromatic rings. The van der Waals surface area contributed by atoms with Gasteiger partial charge in [-0.2, -0.15) is 43.9 Å². The summed E-state index contributed by atoms with van der Waals surface area (Å²) in [5.74, 6) is -22.6. The van der Waals surface area contributed by atoms with Crippen LogP contribution in [0.3, 0.4) is 0 Å². The maximum Gasteiger partial charge on any atom is 0.460 e. The minimum Gasteiger partial charge on any atom is -0.490 e. The zero-order valence-corrected chi connectivity index (χ0v) is 22.5. The smallest absolute Gasteiger partial charge is 0.460 e. The maximum atomic E-state index is 14.7. The SMILES string of the molecule is CCCCCCCCCc1ccc(-c2ccc(OCCCCC(F)(F)C(F)(F)C(F)(F)C(F)(F)F)c(F)c2F)cc1. The molecule has 0 aromatic heterocycles. The maximum absolute atomic E-state index is 14.7. The minimum atomic E-state index is -6.95. The van der Waals surface area contributed by atoms with Crippen LogP contribution in [0.25, 0.3) is 11.1 Å². The number of unbranched alkanes of at least 4 members (excludes halogenated alkanes) is 7. The molecule has 0 saturated carbocycles. The Labute approximate surface area is 232 Å². The van der Waals surface area contributed by atoms with Gasteiger partial charge in [-0.1, -0.05) is 69.7 Å². The van der Waals surface area contributed by atoms with Crippen LogP contribution in [-0.2, 0) is 6.42 Å². The Kier molecular flexibility index (Phi) is 12.3. The molecule has 41 heavy (non-hydrogen) atoms.